The molecule has 2 atom stereocenters. The molecule has 2 unspecified atom stereocenters. The second kappa shape index (κ2) is 5.87. The topological polar surface area (TPSA) is 62.5 Å². The number of aliphatic hydroxyl groups is 1. The molecule has 0 aliphatic carbocycles. The highest BCUT2D eigenvalue weighted by molar-refractivity contribution is 5.77. The van der Waals surface area contributed by atoms with Gasteiger partial charge in [-0.2, -0.15) is 13.2 Å². The zero-order valence-corrected chi connectivity index (χ0v) is 11.5. The summed E-state index contributed by atoms with van der Waals surface area (Å²) in [6.45, 7) is 4.91. The van der Waals surface area contributed by atoms with E-state index >= 15 is 0 Å². The molecule has 2 N–H and O–H groups in total. The van der Waals surface area contributed by atoms with Gasteiger partial charge in [-0.05, 0) is 32.4 Å². The maximum Gasteiger partial charge on any atom is 0.425 e. The number of halogens is 3. The van der Waals surface area contributed by atoms with Crippen LogP contribution in [0.25, 0.3) is 0 Å². The monoisotopic (exact) mass is 293 g/mol. The van der Waals surface area contributed by atoms with E-state index in [0.717, 1.165) is 6.07 Å². The van der Waals surface area contributed by atoms with E-state index in [1.54, 1.807) is 13.8 Å². The second-order valence-corrected chi connectivity index (χ2v) is 4.82. The number of carbonyl (C=O) groups excluding carboxylic acids is 1. The van der Waals surface area contributed by atoms with Crippen LogP contribution >= 0.6 is 0 Å². The van der Waals surface area contributed by atoms with Crippen LogP contribution in [0, 0.1) is 6.92 Å². The highest BCUT2D eigenvalue weighted by Gasteiger charge is 2.58. The standard InChI is InChI=1S/C13H18F3NO3/c1-4-8(2)17-11(18)7-12(19,13(14,15)16)10-6-5-9(3)20-10/h5-6,8,19H,4,7H2,1-3H3,(H,17,18). The van der Waals surface area contributed by atoms with Crippen LogP contribution in [0.1, 0.15) is 38.2 Å². The van der Waals surface area contributed by atoms with Gasteiger partial charge in [-0.25, -0.2) is 0 Å². The Balaban J connectivity index is 2.99. The Bertz CT molecular complexity index is 470. The number of alkyl halides is 3. The van der Waals surface area contributed by atoms with Gasteiger partial charge >= 0.3 is 6.18 Å². The average Bonchev–Trinajstić information content (AvgIpc) is 2.74. The number of rotatable bonds is 5. The molecule has 0 saturated carbocycles. The Hall–Kier alpha value is -1.50. The fraction of sp³-hybridized carbons (Fsp3) is 0.615. The predicted octanol–water partition coefficient (Wildman–Crippen LogP) is 2.64. The zero-order chi connectivity index (χ0) is 15.6. The number of hydrogen-bond donors (Lipinski definition) is 2. The third kappa shape index (κ3) is 3.53. The van der Waals surface area contributed by atoms with Gasteiger partial charge in [0.15, 0.2) is 0 Å². The van der Waals surface area contributed by atoms with Crippen LogP contribution in [0.15, 0.2) is 16.5 Å². The third-order valence-electron chi connectivity index (χ3n) is 3.05. The number of hydrogen-bond acceptors (Lipinski definition) is 3. The Kier molecular flexibility index (Phi) is 4.86. The van der Waals surface area contributed by atoms with Crippen molar-refractivity contribution in [3.63, 3.8) is 0 Å². The van der Waals surface area contributed by atoms with Gasteiger partial charge in [0, 0.05) is 6.04 Å². The predicted molar refractivity (Wildman–Crippen MR) is 65.9 cm³/mol. The minimum Gasteiger partial charge on any atom is -0.463 e. The maximum absolute atomic E-state index is 13.1. The molecule has 1 aromatic heterocycles. The van der Waals surface area contributed by atoms with Crippen molar-refractivity contribution in [3.8, 4) is 0 Å². The van der Waals surface area contributed by atoms with Crippen molar-refractivity contribution in [1.82, 2.24) is 5.32 Å². The third-order valence-corrected chi connectivity index (χ3v) is 3.05. The van der Waals surface area contributed by atoms with E-state index in [1.807, 2.05) is 0 Å². The molecule has 0 spiro atoms. The Morgan fingerprint density at radius 2 is 2.05 bits per heavy atom. The fourth-order valence-corrected chi connectivity index (χ4v) is 1.64. The Morgan fingerprint density at radius 3 is 2.45 bits per heavy atom. The quantitative estimate of drug-likeness (QED) is 0.877. The molecule has 7 heteroatoms. The van der Waals surface area contributed by atoms with Crippen molar-refractivity contribution in [3.05, 3.63) is 23.7 Å². The minimum atomic E-state index is -5.01. The summed E-state index contributed by atoms with van der Waals surface area (Å²) in [6, 6.07) is 2.07. The van der Waals surface area contributed by atoms with Gasteiger partial charge in [-0.15, -0.1) is 0 Å². The Labute approximate surface area is 115 Å². The molecular formula is C13H18F3NO3. The molecule has 1 rings (SSSR count). The van der Waals surface area contributed by atoms with Crippen LogP contribution in [-0.2, 0) is 10.4 Å². The van der Waals surface area contributed by atoms with Crippen LogP contribution in [0.4, 0.5) is 13.2 Å². The molecule has 20 heavy (non-hydrogen) atoms. The normalized spacial score (nSPS) is 16.6. The summed E-state index contributed by atoms with van der Waals surface area (Å²) in [6.07, 6.45) is -5.56. The number of aryl methyl sites for hydroxylation is 1. The number of carbonyl (C=O) groups is 1. The molecule has 0 radical (unpaired) electrons. The van der Waals surface area contributed by atoms with Gasteiger partial charge in [-0.1, -0.05) is 6.92 Å². The zero-order valence-electron chi connectivity index (χ0n) is 11.5. The van der Waals surface area contributed by atoms with Crippen molar-refractivity contribution in [2.24, 2.45) is 0 Å². The van der Waals surface area contributed by atoms with Crippen LogP contribution in [-0.4, -0.2) is 23.2 Å². The molecule has 0 aliphatic heterocycles. The smallest absolute Gasteiger partial charge is 0.425 e. The molecular weight excluding hydrogens is 275 g/mol. The molecule has 4 nitrogen and oxygen atoms in total. The summed E-state index contributed by atoms with van der Waals surface area (Å²) in [5.41, 5.74) is -3.32. The van der Waals surface area contributed by atoms with Gasteiger partial charge < -0.3 is 14.8 Å². The average molecular weight is 293 g/mol. The number of furan rings is 1. The summed E-state index contributed by atoms with van der Waals surface area (Å²) in [7, 11) is 0. The lowest BCUT2D eigenvalue weighted by molar-refractivity contribution is -0.273. The van der Waals surface area contributed by atoms with Gasteiger partial charge in [0.05, 0.1) is 6.42 Å². The summed E-state index contributed by atoms with van der Waals surface area (Å²) < 4.78 is 44.1. The minimum absolute atomic E-state index is 0.227. The summed E-state index contributed by atoms with van der Waals surface area (Å²) >= 11 is 0. The summed E-state index contributed by atoms with van der Waals surface area (Å²) in [5.74, 6) is -1.33. The van der Waals surface area contributed by atoms with Crippen LogP contribution in [0.2, 0.25) is 0 Å². The van der Waals surface area contributed by atoms with Crippen LogP contribution in [0.5, 0.6) is 0 Å². The van der Waals surface area contributed by atoms with E-state index < -0.39 is 29.9 Å². The molecule has 1 amide bonds. The molecule has 0 aromatic carbocycles. The van der Waals surface area contributed by atoms with E-state index in [4.69, 9.17) is 4.42 Å². The van der Waals surface area contributed by atoms with E-state index in [-0.39, 0.29) is 11.8 Å². The van der Waals surface area contributed by atoms with Crippen molar-refractivity contribution < 1.29 is 27.5 Å². The molecule has 0 aliphatic rings. The van der Waals surface area contributed by atoms with Gasteiger partial charge in [0.2, 0.25) is 11.5 Å². The number of nitrogens with one attached hydrogen (secondary N) is 1. The second-order valence-electron chi connectivity index (χ2n) is 4.82. The van der Waals surface area contributed by atoms with Gasteiger partial charge in [-0.3, -0.25) is 4.79 Å². The van der Waals surface area contributed by atoms with E-state index in [1.165, 1.54) is 13.0 Å². The van der Waals surface area contributed by atoms with Gasteiger partial charge in [0.25, 0.3) is 0 Å². The molecule has 1 aromatic rings. The Morgan fingerprint density at radius 1 is 1.45 bits per heavy atom. The lowest BCUT2D eigenvalue weighted by Gasteiger charge is -2.28. The van der Waals surface area contributed by atoms with Crippen LogP contribution < -0.4 is 5.32 Å². The SMILES string of the molecule is CCC(C)NC(=O)CC(O)(c1ccc(C)o1)C(F)(F)F. The summed E-state index contributed by atoms with van der Waals surface area (Å²) in [4.78, 5) is 11.6. The first kappa shape index (κ1) is 16.6. The first-order valence-corrected chi connectivity index (χ1v) is 6.25. The highest BCUT2D eigenvalue weighted by Crippen LogP contribution is 2.42. The van der Waals surface area contributed by atoms with E-state index in [9.17, 15) is 23.1 Å². The fourth-order valence-electron chi connectivity index (χ4n) is 1.64. The molecule has 1 heterocycles. The van der Waals surface area contributed by atoms with Gasteiger partial charge in [0.1, 0.15) is 11.5 Å². The molecule has 0 fully saturated rings. The first-order chi connectivity index (χ1) is 9.10. The summed E-state index contributed by atoms with van der Waals surface area (Å²) in [5, 5.41) is 12.3. The lowest BCUT2D eigenvalue weighted by Crippen LogP contribution is -2.47. The maximum atomic E-state index is 13.1. The van der Waals surface area contributed by atoms with E-state index in [0.29, 0.717) is 6.42 Å². The van der Waals surface area contributed by atoms with Crippen molar-refractivity contribution in [1.29, 1.82) is 0 Å². The van der Waals surface area contributed by atoms with Crippen molar-refractivity contribution in [2.45, 2.75) is 51.4 Å². The first-order valence-electron chi connectivity index (χ1n) is 6.25. The molecule has 114 valence electrons. The van der Waals surface area contributed by atoms with Crippen LogP contribution in [0.3, 0.4) is 0 Å². The molecule has 0 bridgehead atoms. The lowest BCUT2D eigenvalue weighted by atomic mass is 9.95. The largest absolute Gasteiger partial charge is 0.463 e. The number of amides is 1. The highest BCUT2D eigenvalue weighted by atomic mass is 19.4. The van der Waals surface area contributed by atoms with E-state index in [2.05, 4.69) is 5.32 Å². The van der Waals surface area contributed by atoms with Crippen molar-refractivity contribution >= 4 is 5.91 Å². The van der Waals surface area contributed by atoms with Crippen molar-refractivity contribution in [2.75, 3.05) is 0 Å². The molecule has 0 saturated heterocycles.